The molecule has 0 heterocycles. The van der Waals surface area contributed by atoms with E-state index in [4.69, 9.17) is 5.73 Å². The molecule has 0 saturated heterocycles. The zero-order valence-electron chi connectivity index (χ0n) is 10.3. The van der Waals surface area contributed by atoms with Gasteiger partial charge in [-0.05, 0) is 64.8 Å². The lowest BCUT2D eigenvalue weighted by Gasteiger charge is -2.39. The lowest BCUT2D eigenvalue weighted by Crippen LogP contribution is -2.44. The second-order valence-electron chi connectivity index (χ2n) is 5.68. The molecule has 0 amide bonds. The summed E-state index contributed by atoms with van der Waals surface area (Å²) in [6.45, 7) is 5.61. The molecule has 0 unspecified atom stereocenters. The molecule has 88 valence electrons. The quantitative estimate of drug-likeness (QED) is 0.772. The van der Waals surface area contributed by atoms with Crippen molar-refractivity contribution in [2.24, 2.45) is 11.7 Å². The minimum absolute atomic E-state index is 0.733. The van der Waals surface area contributed by atoms with Gasteiger partial charge < -0.3 is 5.73 Å². The van der Waals surface area contributed by atoms with E-state index in [1.54, 1.807) is 0 Å². The van der Waals surface area contributed by atoms with Crippen LogP contribution in [0.4, 0.5) is 0 Å². The molecule has 0 aromatic rings. The number of nitrogens with zero attached hydrogens (tertiary/aromatic N) is 1. The smallest absolute Gasteiger partial charge is 0.0102 e. The van der Waals surface area contributed by atoms with Crippen molar-refractivity contribution in [1.82, 2.24) is 4.90 Å². The highest BCUT2D eigenvalue weighted by atomic mass is 15.2. The number of rotatable bonds is 4. The van der Waals surface area contributed by atoms with Gasteiger partial charge in [-0.2, -0.15) is 0 Å². The lowest BCUT2D eigenvalue weighted by molar-refractivity contribution is 0.0981. The zero-order valence-corrected chi connectivity index (χ0v) is 10.3. The fourth-order valence-electron chi connectivity index (χ4n) is 3.19. The Hall–Kier alpha value is -0.0800. The molecule has 0 aliphatic heterocycles. The van der Waals surface area contributed by atoms with Crippen molar-refractivity contribution in [2.45, 2.75) is 70.5 Å². The van der Waals surface area contributed by atoms with Crippen LogP contribution in [0.25, 0.3) is 0 Å². The first-order chi connectivity index (χ1) is 7.22. The molecule has 2 saturated carbocycles. The van der Waals surface area contributed by atoms with Gasteiger partial charge in [-0.1, -0.05) is 0 Å². The van der Waals surface area contributed by atoms with Crippen LogP contribution < -0.4 is 5.73 Å². The van der Waals surface area contributed by atoms with Gasteiger partial charge in [0, 0.05) is 18.1 Å². The second-order valence-corrected chi connectivity index (χ2v) is 5.68. The average molecular weight is 210 g/mol. The van der Waals surface area contributed by atoms with Crippen LogP contribution in [0.5, 0.6) is 0 Å². The van der Waals surface area contributed by atoms with Crippen LogP contribution in [0.1, 0.15) is 52.4 Å². The summed E-state index contributed by atoms with van der Waals surface area (Å²) in [6, 6.07) is 2.52. The number of nitrogens with two attached hydrogens (primary N) is 1. The summed E-state index contributed by atoms with van der Waals surface area (Å²) in [5, 5.41) is 0. The Morgan fingerprint density at radius 2 is 1.47 bits per heavy atom. The first-order valence-corrected chi connectivity index (χ1v) is 6.70. The lowest BCUT2D eigenvalue weighted by atomic mass is 9.85. The highest BCUT2D eigenvalue weighted by molar-refractivity contribution is 4.92. The standard InChI is InChI=1S/C13H26N2/c1-10(2)15(13-7-8-13)12-5-3-11(9-14)4-6-12/h10-13H,3-9,14H2,1-2H3. The van der Waals surface area contributed by atoms with Gasteiger partial charge in [0.15, 0.2) is 0 Å². The summed E-state index contributed by atoms with van der Waals surface area (Å²) >= 11 is 0. The van der Waals surface area contributed by atoms with E-state index >= 15 is 0 Å². The second kappa shape index (κ2) is 4.84. The van der Waals surface area contributed by atoms with Crippen LogP contribution in [-0.2, 0) is 0 Å². The largest absolute Gasteiger partial charge is 0.330 e. The fourth-order valence-corrected chi connectivity index (χ4v) is 3.19. The highest BCUT2D eigenvalue weighted by Crippen LogP contribution is 2.36. The Morgan fingerprint density at radius 3 is 1.80 bits per heavy atom. The maximum atomic E-state index is 5.74. The van der Waals surface area contributed by atoms with E-state index in [0.717, 1.165) is 30.6 Å². The third kappa shape index (κ3) is 2.73. The van der Waals surface area contributed by atoms with Crippen LogP contribution in [0.3, 0.4) is 0 Å². The van der Waals surface area contributed by atoms with E-state index in [2.05, 4.69) is 18.7 Å². The van der Waals surface area contributed by atoms with E-state index < -0.39 is 0 Å². The Labute approximate surface area is 94.2 Å². The monoisotopic (exact) mass is 210 g/mol. The molecule has 2 aliphatic rings. The first-order valence-electron chi connectivity index (χ1n) is 6.70. The molecule has 2 rings (SSSR count). The van der Waals surface area contributed by atoms with Gasteiger partial charge in [-0.15, -0.1) is 0 Å². The molecule has 2 nitrogen and oxygen atoms in total. The van der Waals surface area contributed by atoms with Crippen LogP contribution >= 0.6 is 0 Å². The summed E-state index contributed by atoms with van der Waals surface area (Å²) in [4.78, 5) is 2.78. The van der Waals surface area contributed by atoms with Crippen molar-refractivity contribution in [3.8, 4) is 0 Å². The molecule has 0 aromatic heterocycles. The van der Waals surface area contributed by atoms with Crippen molar-refractivity contribution >= 4 is 0 Å². The number of hydrogen-bond acceptors (Lipinski definition) is 2. The summed E-state index contributed by atoms with van der Waals surface area (Å²) in [5.74, 6) is 0.814. The summed E-state index contributed by atoms with van der Waals surface area (Å²) in [5.41, 5.74) is 5.74. The Kier molecular flexibility index (Phi) is 3.68. The average Bonchev–Trinajstić information content (AvgIpc) is 3.03. The van der Waals surface area contributed by atoms with Gasteiger partial charge in [0.25, 0.3) is 0 Å². The predicted octanol–water partition coefficient (Wildman–Crippen LogP) is 2.38. The molecule has 0 spiro atoms. The van der Waals surface area contributed by atoms with Crippen LogP contribution in [0, 0.1) is 5.92 Å². The number of hydrogen-bond donors (Lipinski definition) is 1. The van der Waals surface area contributed by atoms with Crippen molar-refractivity contribution in [3.63, 3.8) is 0 Å². The maximum absolute atomic E-state index is 5.74. The van der Waals surface area contributed by atoms with Gasteiger partial charge in [0.2, 0.25) is 0 Å². The fraction of sp³-hybridized carbons (Fsp3) is 1.00. The summed E-state index contributed by atoms with van der Waals surface area (Å²) in [7, 11) is 0. The highest BCUT2D eigenvalue weighted by Gasteiger charge is 2.36. The normalized spacial score (nSPS) is 32.6. The predicted molar refractivity (Wildman–Crippen MR) is 64.8 cm³/mol. The molecule has 2 N–H and O–H groups in total. The van der Waals surface area contributed by atoms with Gasteiger partial charge in [-0.25, -0.2) is 0 Å². The minimum atomic E-state index is 0.733. The Bertz CT molecular complexity index is 189. The van der Waals surface area contributed by atoms with Crippen LogP contribution in [-0.4, -0.2) is 29.6 Å². The molecule has 15 heavy (non-hydrogen) atoms. The molecule has 2 heteroatoms. The van der Waals surface area contributed by atoms with Gasteiger partial charge >= 0.3 is 0 Å². The molecule has 0 radical (unpaired) electrons. The topological polar surface area (TPSA) is 29.3 Å². The molecule has 0 bridgehead atoms. The maximum Gasteiger partial charge on any atom is 0.0102 e. The molecule has 0 atom stereocenters. The van der Waals surface area contributed by atoms with E-state index in [0.29, 0.717) is 0 Å². The third-order valence-electron chi connectivity index (χ3n) is 4.14. The first kappa shape index (κ1) is 11.4. The van der Waals surface area contributed by atoms with Crippen LogP contribution in [0.15, 0.2) is 0 Å². The van der Waals surface area contributed by atoms with Crippen molar-refractivity contribution < 1.29 is 0 Å². The zero-order chi connectivity index (χ0) is 10.8. The molecular formula is C13H26N2. The van der Waals surface area contributed by atoms with Gasteiger partial charge in [0.05, 0.1) is 0 Å². The van der Waals surface area contributed by atoms with E-state index in [-0.39, 0.29) is 0 Å². The van der Waals surface area contributed by atoms with Crippen LogP contribution in [0.2, 0.25) is 0 Å². The van der Waals surface area contributed by atoms with E-state index in [1.807, 2.05) is 0 Å². The van der Waals surface area contributed by atoms with Crippen molar-refractivity contribution in [2.75, 3.05) is 6.54 Å². The Morgan fingerprint density at radius 1 is 1.00 bits per heavy atom. The summed E-state index contributed by atoms with van der Waals surface area (Å²) in [6.07, 6.45) is 8.37. The Balaban J connectivity index is 1.87. The van der Waals surface area contributed by atoms with Gasteiger partial charge in [0.1, 0.15) is 0 Å². The minimum Gasteiger partial charge on any atom is -0.330 e. The van der Waals surface area contributed by atoms with E-state index in [1.165, 1.54) is 38.5 Å². The molecular weight excluding hydrogens is 184 g/mol. The van der Waals surface area contributed by atoms with E-state index in [9.17, 15) is 0 Å². The molecule has 0 aromatic carbocycles. The summed E-state index contributed by atoms with van der Waals surface area (Å²) < 4.78 is 0. The third-order valence-corrected chi connectivity index (χ3v) is 4.14. The van der Waals surface area contributed by atoms with Crippen molar-refractivity contribution in [3.05, 3.63) is 0 Å². The SMILES string of the molecule is CC(C)N(C1CCC(CN)CC1)C1CC1. The molecule has 2 fully saturated rings. The molecule has 2 aliphatic carbocycles. The van der Waals surface area contributed by atoms with Gasteiger partial charge in [-0.3, -0.25) is 4.90 Å². The van der Waals surface area contributed by atoms with Crippen molar-refractivity contribution in [1.29, 1.82) is 0 Å².